The lowest BCUT2D eigenvalue weighted by Crippen LogP contribution is -2.45. The van der Waals surface area contributed by atoms with E-state index >= 15 is 0 Å². The van der Waals surface area contributed by atoms with Crippen LogP contribution in [-0.4, -0.2) is 24.5 Å². The number of hydrogen-bond acceptors (Lipinski definition) is 3. The van der Waals surface area contributed by atoms with Crippen LogP contribution in [0, 0.1) is 0 Å². The van der Waals surface area contributed by atoms with E-state index in [0.29, 0.717) is 6.04 Å². The molecule has 1 N–H and O–H groups in total. The second-order valence-corrected chi connectivity index (χ2v) is 4.73. The number of furan rings is 1. The lowest BCUT2D eigenvalue weighted by atomic mass is 10.0. The molecule has 1 aliphatic rings. The van der Waals surface area contributed by atoms with Gasteiger partial charge in [0.15, 0.2) is 0 Å². The number of rotatable bonds is 3. The molecule has 94 valence electrons. The molecule has 1 aromatic heterocycles. The van der Waals surface area contributed by atoms with E-state index in [1.54, 1.807) is 6.26 Å². The number of hydrogen-bond donors (Lipinski definition) is 1. The van der Waals surface area contributed by atoms with Crippen LogP contribution in [-0.2, 0) is 6.54 Å². The van der Waals surface area contributed by atoms with Gasteiger partial charge in [-0.1, -0.05) is 30.3 Å². The number of nitrogens with one attached hydrogen (secondary N) is 1. The highest BCUT2D eigenvalue weighted by Gasteiger charge is 2.23. The third kappa shape index (κ3) is 2.47. The Morgan fingerprint density at radius 2 is 2.11 bits per heavy atom. The first-order valence-corrected chi connectivity index (χ1v) is 6.44. The average molecular weight is 242 g/mol. The second kappa shape index (κ2) is 5.38. The van der Waals surface area contributed by atoms with E-state index in [0.717, 1.165) is 26.2 Å². The van der Waals surface area contributed by atoms with E-state index < -0.39 is 0 Å². The molecule has 3 rings (SSSR count). The molecule has 2 aromatic rings. The Bertz CT molecular complexity index is 467. The zero-order valence-corrected chi connectivity index (χ0v) is 10.4. The second-order valence-electron chi connectivity index (χ2n) is 4.73. The van der Waals surface area contributed by atoms with Crippen molar-refractivity contribution in [3.63, 3.8) is 0 Å². The lowest BCUT2D eigenvalue weighted by molar-refractivity contribution is 0.153. The minimum atomic E-state index is 0.454. The summed E-state index contributed by atoms with van der Waals surface area (Å²) in [6.45, 7) is 4.10. The normalized spacial score (nSPS) is 21.0. The molecule has 0 radical (unpaired) electrons. The summed E-state index contributed by atoms with van der Waals surface area (Å²) in [5.74, 6) is 0. The van der Waals surface area contributed by atoms with Gasteiger partial charge < -0.3 is 9.73 Å². The highest BCUT2D eigenvalue weighted by Crippen LogP contribution is 2.23. The lowest BCUT2D eigenvalue weighted by Gasteiger charge is -2.36. The fourth-order valence-electron chi connectivity index (χ4n) is 2.56. The summed E-state index contributed by atoms with van der Waals surface area (Å²) in [7, 11) is 0. The summed E-state index contributed by atoms with van der Waals surface area (Å²) < 4.78 is 5.15. The molecule has 1 saturated heterocycles. The number of benzene rings is 1. The molecular formula is C15H18N2O. The maximum atomic E-state index is 5.15. The number of nitrogens with zero attached hydrogens (tertiary/aromatic N) is 1. The first kappa shape index (κ1) is 11.5. The van der Waals surface area contributed by atoms with Gasteiger partial charge in [0.05, 0.1) is 12.5 Å². The van der Waals surface area contributed by atoms with Crippen molar-refractivity contribution < 1.29 is 4.42 Å². The van der Waals surface area contributed by atoms with E-state index in [1.165, 1.54) is 11.1 Å². The van der Waals surface area contributed by atoms with Gasteiger partial charge in [-0.3, -0.25) is 4.90 Å². The van der Waals surface area contributed by atoms with Crippen molar-refractivity contribution in [2.24, 2.45) is 0 Å². The Morgan fingerprint density at radius 1 is 1.22 bits per heavy atom. The Morgan fingerprint density at radius 3 is 2.89 bits per heavy atom. The van der Waals surface area contributed by atoms with Crippen LogP contribution in [0.4, 0.5) is 0 Å². The van der Waals surface area contributed by atoms with Gasteiger partial charge in [-0.05, 0) is 11.6 Å². The van der Waals surface area contributed by atoms with Gasteiger partial charge in [-0.25, -0.2) is 0 Å². The summed E-state index contributed by atoms with van der Waals surface area (Å²) >= 11 is 0. The van der Waals surface area contributed by atoms with Gasteiger partial charge in [-0.2, -0.15) is 0 Å². The van der Waals surface area contributed by atoms with Gasteiger partial charge in [0.1, 0.15) is 0 Å². The first-order chi connectivity index (χ1) is 8.93. The van der Waals surface area contributed by atoms with E-state index in [-0.39, 0.29) is 0 Å². The zero-order chi connectivity index (χ0) is 12.2. The third-order valence-corrected chi connectivity index (χ3v) is 3.50. The Labute approximate surface area is 107 Å². The predicted molar refractivity (Wildman–Crippen MR) is 71.2 cm³/mol. The standard InChI is InChI=1S/C15H18N2O/c1-2-4-14(5-3-1)15-10-16-7-8-17(15)11-13-6-9-18-12-13/h1-6,9,12,15-16H,7-8,10-11H2. The van der Waals surface area contributed by atoms with Crippen LogP contribution in [0.5, 0.6) is 0 Å². The summed E-state index contributed by atoms with van der Waals surface area (Å²) in [5.41, 5.74) is 2.63. The van der Waals surface area contributed by atoms with Crippen LogP contribution in [0.1, 0.15) is 17.2 Å². The van der Waals surface area contributed by atoms with Crippen molar-refractivity contribution in [2.45, 2.75) is 12.6 Å². The minimum absolute atomic E-state index is 0.454. The van der Waals surface area contributed by atoms with Gasteiger partial charge in [-0.15, -0.1) is 0 Å². The Kier molecular flexibility index (Phi) is 3.44. The molecule has 0 aliphatic carbocycles. The highest BCUT2D eigenvalue weighted by atomic mass is 16.3. The SMILES string of the molecule is c1ccc(C2CNCCN2Cc2ccoc2)cc1. The topological polar surface area (TPSA) is 28.4 Å². The summed E-state index contributed by atoms with van der Waals surface area (Å²) in [5, 5.41) is 3.48. The maximum Gasteiger partial charge on any atom is 0.0947 e. The molecule has 0 saturated carbocycles. The molecule has 1 fully saturated rings. The third-order valence-electron chi connectivity index (χ3n) is 3.50. The summed E-state index contributed by atoms with van der Waals surface area (Å²) in [6.07, 6.45) is 3.58. The molecule has 18 heavy (non-hydrogen) atoms. The van der Waals surface area contributed by atoms with Crippen molar-refractivity contribution >= 4 is 0 Å². The van der Waals surface area contributed by atoms with Crippen LogP contribution in [0.2, 0.25) is 0 Å². The van der Waals surface area contributed by atoms with Crippen molar-refractivity contribution in [1.82, 2.24) is 10.2 Å². The smallest absolute Gasteiger partial charge is 0.0947 e. The summed E-state index contributed by atoms with van der Waals surface area (Å²) in [4.78, 5) is 2.51. The molecule has 1 unspecified atom stereocenters. The van der Waals surface area contributed by atoms with E-state index in [2.05, 4.69) is 40.5 Å². The fourth-order valence-corrected chi connectivity index (χ4v) is 2.56. The van der Waals surface area contributed by atoms with Gasteiger partial charge in [0, 0.05) is 37.8 Å². The molecule has 0 amide bonds. The van der Waals surface area contributed by atoms with Crippen molar-refractivity contribution in [1.29, 1.82) is 0 Å². The van der Waals surface area contributed by atoms with E-state index in [4.69, 9.17) is 4.42 Å². The zero-order valence-electron chi connectivity index (χ0n) is 10.4. The van der Waals surface area contributed by atoms with E-state index in [1.807, 2.05) is 12.3 Å². The molecule has 0 spiro atoms. The predicted octanol–water partition coefficient (Wildman–Crippen LogP) is 2.43. The highest BCUT2D eigenvalue weighted by molar-refractivity contribution is 5.20. The molecule has 0 bridgehead atoms. The number of piperazine rings is 1. The van der Waals surface area contributed by atoms with Crippen LogP contribution < -0.4 is 5.32 Å². The minimum Gasteiger partial charge on any atom is -0.472 e. The maximum absolute atomic E-state index is 5.15. The van der Waals surface area contributed by atoms with Crippen molar-refractivity contribution in [3.05, 3.63) is 60.1 Å². The van der Waals surface area contributed by atoms with Crippen LogP contribution in [0.3, 0.4) is 0 Å². The Hall–Kier alpha value is -1.58. The molecule has 2 heterocycles. The van der Waals surface area contributed by atoms with Crippen molar-refractivity contribution in [3.8, 4) is 0 Å². The molecule has 1 aromatic carbocycles. The molecule has 1 atom stereocenters. The first-order valence-electron chi connectivity index (χ1n) is 6.44. The Balaban J connectivity index is 1.78. The van der Waals surface area contributed by atoms with Crippen LogP contribution in [0.15, 0.2) is 53.3 Å². The molecule has 3 nitrogen and oxygen atoms in total. The van der Waals surface area contributed by atoms with E-state index in [9.17, 15) is 0 Å². The van der Waals surface area contributed by atoms with Crippen molar-refractivity contribution in [2.75, 3.05) is 19.6 Å². The molecule has 3 heteroatoms. The van der Waals surface area contributed by atoms with Gasteiger partial charge in [0.25, 0.3) is 0 Å². The fraction of sp³-hybridized carbons (Fsp3) is 0.333. The molecule has 1 aliphatic heterocycles. The summed E-state index contributed by atoms with van der Waals surface area (Å²) in [6, 6.07) is 13.2. The average Bonchev–Trinajstić information content (AvgIpc) is 2.93. The largest absolute Gasteiger partial charge is 0.472 e. The quantitative estimate of drug-likeness (QED) is 0.896. The van der Waals surface area contributed by atoms with Gasteiger partial charge >= 0.3 is 0 Å². The monoisotopic (exact) mass is 242 g/mol. The van der Waals surface area contributed by atoms with Crippen LogP contribution in [0.25, 0.3) is 0 Å². The molecular weight excluding hydrogens is 224 g/mol. The van der Waals surface area contributed by atoms with Crippen LogP contribution >= 0.6 is 0 Å². The van der Waals surface area contributed by atoms with Gasteiger partial charge in [0.2, 0.25) is 0 Å².